The Morgan fingerprint density at radius 1 is 1.61 bits per heavy atom. The van der Waals surface area contributed by atoms with Crippen LogP contribution in [0.5, 0.6) is 0 Å². The minimum atomic E-state index is -0.0214. The average Bonchev–Trinajstić information content (AvgIpc) is 2.90. The van der Waals surface area contributed by atoms with Crippen molar-refractivity contribution in [3.05, 3.63) is 18.2 Å². The molecule has 2 amide bonds. The Labute approximate surface area is 108 Å². The maximum absolute atomic E-state index is 12.1. The Hall–Kier alpha value is -1.52. The highest BCUT2D eigenvalue weighted by atomic mass is 16.2. The predicted molar refractivity (Wildman–Crippen MR) is 70.1 cm³/mol. The van der Waals surface area contributed by atoms with E-state index in [0.29, 0.717) is 0 Å². The normalized spacial score (nSPS) is 18.7. The van der Waals surface area contributed by atoms with Gasteiger partial charge in [-0.25, -0.2) is 9.78 Å². The standard InChI is InChI=1S/C13H22N4O/c1-3-11(12-14-6-7-15-12)16-13(18)17-8-4-10(2)5-9-17/h6-7,10-11H,3-5,8-9H2,1-2H3,(H,14,15)(H,16,18). The first-order chi connectivity index (χ1) is 8.70. The lowest BCUT2D eigenvalue weighted by Gasteiger charge is -2.31. The molecule has 2 rings (SSSR count). The van der Waals surface area contributed by atoms with E-state index in [1.54, 1.807) is 12.4 Å². The summed E-state index contributed by atoms with van der Waals surface area (Å²) < 4.78 is 0. The second kappa shape index (κ2) is 5.89. The number of hydrogen-bond donors (Lipinski definition) is 2. The zero-order valence-corrected chi connectivity index (χ0v) is 11.1. The largest absolute Gasteiger partial charge is 0.347 e. The summed E-state index contributed by atoms with van der Waals surface area (Å²) in [6, 6.07) is 0.0111. The van der Waals surface area contributed by atoms with Crippen LogP contribution in [0.3, 0.4) is 0 Å². The Morgan fingerprint density at radius 3 is 2.89 bits per heavy atom. The van der Waals surface area contributed by atoms with E-state index in [-0.39, 0.29) is 12.1 Å². The number of aromatic amines is 1. The van der Waals surface area contributed by atoms with E-state index in [2.05, 4.69) is 22.2 Å². The van der Waals surface area contributed by atoms with Crippen LogP contribution in [0.15, 0.2) is 12.4 Å². The van der Waals surface area contributed by atoms with Crippen LogP contribution in [0.2, 0.25) is 0 Å². The lowest BCUT2D eigenvalue weighted by molar-refractivity contribution is 0.170. The van der Waals surface area contributed by atoms with Gasteiger partial charge in [-0.15, -0.1) is 0 Å². The van der Waals surface area contributed by atoms with Crippen molar-refractivity contribution in [2.75, 3.05) is 13.1 Å². The predicted octanol–water partition coefficient (Wildman–Crippen LogP) is 2.30. The van der Waals surface area contributed by atoms with Crippen LogP contribution in [-0.2, 0) is 0 Å². The molecule has 0 saturated carbocycles. The van der Waals surface area contributed by atoms with Crippen LogP contribution < -0.4 is 5.32 Å². The zero-order valence-electron chi connectivity index (χ0n) is 11.1. The Kier molecular flexibility index (Phi) is 4.23. The third-order valence-corrected chi connectivity index (χ3v) is 3.63. The molecule has 1 fully saturated rings. The molecule has 1 unspecified atom stereocenters. The van der Waals surface area contributed by atoms with Crippen LogP contribution >= 0.6 is 0 Å². The van der Waals surface area contributed by atoms with E-state index in [1.807, 2.05) is 11.8 Å². The number of hydrogen-bond acceptors (Lipinski definition) is 2. The highest BCUT2D eigenvalue weighted by Crippen LogP contribution is 2.17. The number of aromatic nitrogens is 2. The van der Waals surface area contributed by atoms with E-state index < -0.39 is 0 Å². The zero-order chi connectivity index (χ0) is 13.0. The summed E-state index contributed by atoms with van der Waals surface area (Å²) in [4.78, 5) is 21.3. The molecule has 2 heterocycles. The van der Waals surface area contributed by atoms with Gasteiger partial charge in [0.15, 0.2) is 0 Å². The molecule has 1 atom stereocenters. The fourth-order valence-electron chi connectivity index (χ4n) is 2.28. The highest BCUT2D eigenvalue weighted by Gasteiger charge is 2.23. The van der Waals surface area contributed by atoms with Gasteiger partial charge in [0, 0.05) is 25.5 Å². The van der Waals surface area contributed by atoms with Gasteiger partial charge in [0.25, 0.3) is 0 Å². The third kappa shape index (κ3) is 3.03. The third-order valence-electron chi connectivity index (χ3n) is 3.63. The molecule has 2 N–H and O–H groups in total. The van der Waals surface area contributed by atoms with Crippen LogP contribution in [0, 0.1) is 5.92 Å². The molecule has 0 aromatic carbocycles. The minimum absolute atomic E-state index is 0.0214. The maximum atomic E-state index is 12.1. The van der Waals surface area contributed by atoms with Crippen molar-refractivity contribution in [2.45, 2.75) is 39.2 Å². The van der Waals surface area contributed by atoms with Crippen molar-refractivity contribution in [1.82, 2.24) is 20.2 Å². The summed E-state index contributed by atoms with van der Waals surface area (Å²) in [5, 5.41) is 3.05. The quantitative estimate of drug-likeness (QED) is 0.864. The molecule has 5 nitrogen and oxygen atoms in total. The van der Waals surface area contributed by atoms with Crippen molar-refractivity contribution in [1.29, 1.82) is 0 Å². The summed E-state index contributed by atoms with van der Waals surface area (Å²) in [7, 11) is 0. The van der Waals surface area contributed by atoms with Crippen molar-refractivity contribution in [2.24, 2.45) is 5.92 Å². The molecule has 0 radical (unpaired) electrons. The van der Waals surface area contributed by atoms with Gasteiger partial charge in [0.1, 0.15) is 5.82 Å². The number of amides is 2. The van der Waals surface area contributed by atoms with Crippen LogP contribution in [0.1, 0.15) is 45.0 Å². The number of nitrogens with zero attached hydrogens (tertiary/aromatic N) is 2. The first kappa shape index (κ1) is 12.9. The molecule has 0 bridgehead atoms. The molecule has 1 aliphatic heterocycles. The number of carbonyl (C=O) groups excluding carboxylic acids is 1. The summed E-state index contributed by atoms with van der Waals surface area (Å²) in [5.74, 6) is 1.57. The molecule has 100 valence electrons. The van der Waals surface area contributed by atoms with Crippen LogP contribution in [-0.4, -0.2) is 34.0 Å². The van der Waals surface area contributed by atoms with E-state index in [4.69, 9.17) is 0 Å². The van der Waals surface area contributed by atoms with Crippen molar-refractivity contribution >= 4 is 6.03 Å². The maximum Gasteiger partial charge on any atom is 0.317 e. The molecule has 0 aliphatic carbocycles. The van der Waals surface area contributed by atoms with Gasteiger partial charge in [-0.05, 0) is 25.2 Å². The first-order valence-electron chi connectivity index (χ1n) is 6.75. The molecular formula is C13H22N4O. The van der Waals surface area contributed by atoms with Crippen LogP contribution in [0.25, 0.3) is 0 Å². The topological polar surface area (TPSA) is 61.0 Å². The number of likely N-dealkylation sites (tertiary alicyclic amines) is 1. The second-order valence-corrected chi connectivity index (χ2v) is 5.05. The summed E-state index contributed by atoms with van der Waals surface area (Å²) in [5.41, 5.74) is 0. The van der Waals surface area contributed by atoms with Crippen LogP contribution in [0.4, 0.5) is 4.79 Å². The van der Waals surface area contributed by atoms with E-state index >= 15 is 0 Å². The molecule has 5 heteroatoms. The van der Waals surface area contributed by atoms with E-state index in [0.717, 1.165) is 44.1 Å². The molecular weight excluding hydrogens is 228 g/mol. The summed E-state index contributed by atoms with van der Waals surface area (Å²) in [6.07, 6.45) is 6.54. The fourth-order valence-corrected chi connectivity index (χ4v) is 2.28. The lowest BCUT2D eigenvalue weighted by Crippen LogP contribution is -2.45. The summed E-state index contributed by atoms with van der Waals surface area (Å²) >= 11 is 0. The van der Waals surface area contributed by atoms with Crippen molar-refractivity contribution in [3.63, 3.8) is 0 Å². The summed E-state index contributed by atoms with van der Waals surface area (Å²) in [6.45, 7) is 6.02. The SMILES string of the molecule is CCC(NC(=O)N1CCC(C)CC1)c1ncc[nH]1. The van der Waals surface area contributed by atoms with Gasteiger partial charge in [0.05, 0.1) is 6.04 Å². The number of H-pyrrole nitrogens is 1. The molecule has 0 spiro atoms. The van der Waals surface area contributed by atoms with Gasteiger partial charge >= 0.3 is 6.03 Å². The van der Waals surface area contributed by atoms with Gasteiger partial charge in [-0.3, -0.25) is 0 Å². The van der Waals surface area contributed by atoms with E-state index in [1.165, 1.54) is 0 Å². The Bertz CT molecular complexity index is 368. The molecule has 1 aromatic heterocycles. The van der Waals surface area contributed by atoms with Gasteiger partial charge in [0.2, 0.25) is 0 Å². The Morgan fingerprint density at radius 2 is 2.33 bits per heavy atom. The Balaban J connectivity index is 1.90. The monoisotopic (exact) mass is 250 g/mol. The first-order valence-corrected chi connectivity index (χ1v) is 6.75. The minimum Gasteiger partial charge on any atom is -0.347 e. The highest BCUT2D eigenvalue weighted by molar-refractivity contribution is 5.74. The van der Waals surface area contributed by atoms with E-state index in [9.17, 15) is 4.79 Å². The molecule has 1 aliphatic rings. The molecule has 18 heavy (non-hydrogen) atoms. The number of carbonyl (C=O) groups is 1. The second-order valence-electron chi connectivity index (χ2n) is 5.05. The number of urea groups is 1. The number of imidazole rings is 1. The number of rotatable bonds is 3. The van der Waals surface area contributed by atoms with Crippen molar-refractivity contribution < 1.29 is 4.79 Å². The smallest absolute Gasteiger partial charge is 0.317 e. The van der Waals surface area contributed by atoms with Gasteiger partial charge in [-0.2, -0.15) is 0 Å². The molecule has 1 saturated heterocycles. The average molecular weight is 250 g/mol. The van der Waals surface area contributed by atoms with Gasteiger partial charge < -0.3 is 15.2 Å². The lowest BCUT2D eigenvalue weighted by atomic mass is 10.00. The number of piperidine rings is 1. The molecule has 1 aromatic rings. The number of nitrogens with one attached hydrogen (secondary N) is 2. The van der Waals surface area contributed by atoms with Crippen molar-refractivity contribution in [3.8, 4) is 0 Å². The fraction of sp³-hybridized carbons (Fsp3) is 0.692. The van der Waals surface area contributed by atoms with Gasteiger partial charge in [-0.1, -0.05) is 13.8 Å².